The first-order valence-electron chi connectivity index (χ1n) is 10.9. The summed E-state index contributed by atoms with van der Waals surface area (Å²) in [6.45, 7) is 2.20. The molecule has 1 saturated heterocycles. The topological polar surface area (TPSA) is 59.8 Å². The van der Waals surface area contributed by atoms with E-state index in [1.165, 1.54) is 0 Å². The average Bonchev–Trinajstić information content (AvgIpc) is 3.59. The second-order valence-corrected chi connectivity index (χ2v) is 8.94. The number of furan rings is 1. The van der Waals surface area contributed by atoms with Gasteiger partial charge in [0.2, 0.25) is 6.79 Å². The van der Waals surface area contributed by atoms with Gasteiger partial charge in [0.1, 0.15) is 17.6 Å². The predicted octanol–water partition coefficient (Wildman–Crippen LogP) is 6.21. The van der Waals surface area contributed by atoms with Gasteiger partial charge >= 0.3 is 0 Å². The van der Waals surface area contributed by atoms with Crippen molar-refractivity contribution >= 4 is 34.6 Å². The number of aromatic nitrogens is 1. The summed E-state index contributed by atoms with van der Waals surface area (Å²) in [6, 6.07) is 21.0. The fourth-order valence-corrected chi connectivity index (χ4v) is 5.01. The Balaban J connectivity index is 1.46. The quantitative estimate of drug-likeness (QED) is 0.342. The highest BCUT2D eigenvalue weighted by molar-refractivity contribution is 7.80. The van der Waals surface area contributed by atoms with Crippen LogP contribution in [0.3, 0.4) is 0 Å². The first-order valence-corrected chi connectivity index (χ1v) is 11.6. The molecule has 0 aliphatic carbocycles. The maximum atomic E-state index is 6.45. The Labute approximate surface area is 207 Å². The Morgan fingerprint density at radius 2 is 1.91 bits per heavy atom. The molecule has 2 aliphatic heterocycles. The molecular formula is C26H20ClN3O3S. The van der Waals surface area contributed by atoms with E-state index in [9.17, 15) is 0 Å². The van der Waals surface area contributed by atoms with E-state index in [4.69, 9.17) is 37.7 Å². The van der Waals surface area contributed by atoms with Crippen LogP contribution in [0.25, 0.3) is 11.3 Å². The van der Waals surface area contributed by atoms with Crippen LogP contribution in [0.2, 0.25) is 5.02 Å². The van der Waals surface area contributed by atoms with Gasteiger partial charge in [0, 0.05) is 28.5 Å². The molecule has 0 unspecified atom stereocenters. The number of rotatable bonds is 4. The van der Waals surface area contributed by atoms with Gasteiger partial charge in [-0.05, 0) is 67.2 Å². The summed E-state index contributed by atoms with van der Waals surface area (Å²) < 4.78 is 17.6. The van der Waals surface area contributed by atoms with Crippen molar-refractivity contribution < 1.29 is 13.9 Å². The number of thiocarbonyl (C=S) groups is 1. The zero-order valence-corrected chi connectivity index (χ0v) is 19.8. The molecule has 34 heavy (non-hydrogen) atoms. The first-order chi connectivity index (χ1) is 16.6. The standard InChI is InChI=1S/C26H20ClN3O3S/c1-15-17(5-4-6-18(15)27)20-10-11-22(33-20)25-24(19-7-2-3-12-28-19)29-26(34)30(25)16-8-9-21-23(13-16)32-14-31-21/h2-13,24-25H,14H2,1H3,(H,29,34)/t24-,25+/m0/s1. The fourth-order valence-electron chi connectivity index (χ4n) is 4.49. The van der Waals surface area contributed by atoms with Gasteiger partial charge in [-0.25, -0.2) is 0 Å². The van der Waals surface area contributed by atoms with Crippen molar-refractivity contribution in [3.05, 3.63) is 95.0 Å². The van der Waals surface area contributed by atoms with Crippen LogP contribution in [0.15, 0.2) is 77.3 Å². The van der Waals surface area contributed by atoms with E-state index in [1.807, 2.05) is 78.6 Å². The maximum absolute atomic E-state index is 6.45. The van der Waals surface area contributed by atoms with Gasteiger partial charge < -0.3 is 24.1 Å². The van der Waals surface area contributed by atoms with Gasteiger partial charge in [0.15, 0.2) is 16.6 Å². The molecule has 0 bridgehead atoms. The van der Waals surface area contributed by atoms with Crippen molar-refractivity contribution in [3.63, 3.8) is 0 Å². The summed E-state index contributed by atoms with van der Waals surface area (Å²) in [5.41, 5.74) is 3.67. The molecule has 170 valence electrons. The Kier molecular flexibility index (Phi) is 5.16. The number of benzene rings is 2. The summed E-state index contributed by atoms with van der Waals surface area (Å²) >= 11 is 12.2. The SMILES string of the molecule is Cc1c(Cl)cccc1-c1ccc([C@@H]2[C@H](c3ccccn3)NC(=S)N2c2ccc3c(c2)OCO3)o1. The zero-order valence-electron chi connectivity index (χ0n) is 18.2. The average molecular weight is 490 g/mol. The molecule has 6 nitrogen and oxygen atoms in total. The monoisotopic (exact) mass is 489 g/mol. The fraction of sp³-hybridized carbons (Fsp3) is 0.154. The minimum absolute atomic E-state index is 0.210. The van der Waals surface area contributed by atoms with E-state index in [0.717, 1.165) is 39.8 Å². The normalized spacial score (nSPS) is 18.9. The number of nitrogens with one attached hydrogen (secondary N) is 1. The highest BCUT2D eigenvalue weighted by Gasteiger charge is 2.43. The maximum Gasteiger partial charge on any atom is 0.231 e. The van der Waals surface area contributed by atoms with Crippen molar-refractivity contribution in [2.24, 2.45) is 0 Å². The lowest BCUT2D eigenvalue weighted by Crippen LogP contribution is -2.29. The van der Waals surface area contributed by atoms with Crippen LogP contribution in [0.5, 0.6) is 11.5 Å². The van der Waals surface area contributed by atoms with Crippen molar-refractivity contribution in [2.75, 3.05) is 11.7 Å². The third-order valence-electron chi connectivity index (χ3n) is 6.18. The van der Waals surface area contributed by atoms with E-state index in [1.54, 1.807) is 6.20 Å². The molecule has 4 heterocycles. The van der Waals surface area contributed by atoms with Crippen LogP contribution in [0.4, 0.5) is 5.69 Å². The summed E-state index contributed by atoms with van der Waals surface area (Å²) in [6.07, 6.45) is 1.78. The molecule has 0 saturated carbocycles. The van der Waals surface area contributed by atoms with E-state index >= 15 is 0 Å². The largest absolute Gasteiger partial charge is 0.459 e. The van der Waals surface area contributed by atoms with Gasteiger partial charge in [-0.1, -0.05) is 29.8 Å². The summed E-state index contributed by atoms with van der Waals surface area (Å²) in [7, 11) is 0. The second-order valence-electron chi connectivity index (χ2n) is 8.15. The number of hydrogen-bond donors (Lipinski definition) is 1. The molecule has 2 aromatic carbocycles. The molecule has 1 N–H and O–H groups in total. The van der Waals surface area contributed by atoms with Crippen molar-refractivity contribution in [3.8, 4) is 22.8 Å². The van der Waals surface area contributed by atoms with Crippen molar-refractivity contribution in [1.29, 1.82) is 0 Å². The molecule has 1 fully saturated rings. The summed E-state index contributed by atoms with van der Waals surface area (Å²) in [4.78, 5) is 6.64. The van der Waals surface area contributed by atoms with E-state index in [2.05, 4.69) is 10.3 Å². The van der Waals surface area contributed by atoms with Gasteiger partial charge in [-0.3, -0.25) is 4.98 Å². The zero-order chi connectivity index (χ0) is 23.2. The van der Waals surface area contributed by atoms with Crippen LogP contribution >= 0.6 is 23.8 Å². The first kappa shape index (κ1) is 21.0. The molecular weight excluding hydrogens is 470 g/mol. The van der Waals surface area contributed by atoms with Gasteiger partial charge in [-0.2, -0.15) is 0 Å². The predicted molar refractivity (Wildman–Crippen MR) is 134 cm³/mol. The molecule has 0 radical (unpaired) electrons. The number of fused-ring (bicyclic) bond motifs is 1. The molecule has 6 rings (SSSR count). The Morgan fingerprint density at radius 1 is 1.03 bits per heavy atom. The van der Waals surface area contributed by atoms with Crippen LogP contribution < -0.4 is 19.7 Å². The third-order valence-corrected chi connectivity index (χ3v) is 6.91. The van der Waals surface area contributed by atoms with Crippen LogP contribution in [0, 0.1) is 6.92 Å². The lowest BCUT2D eigenvalue weighted by molar-refractivity contribution is 0.174. The van der Waals surface area contributed by atoms with E-state index in [-0.39, 0.29) is 18.9 Å². The van der Waals surface area contributed by atoms with Crippen LogP contribution in [-0.4, -0.2) is 16.9 Å². The number of nitrogens with zero attached hydrogens (tertiary/aromatic N) is 2. The summed E-state index contributed by atoms with van der Waals surface area (Å²) in [5.74, 6) is 2.92. The molecule has 0 amide bonds. The number of hydrogen-bond acceptors (Lipinski definition) is 5. The van der Waals surface area contributed by atoms with Crippen molar-refractivity contribution in [2.45, 2.75) is 19.0 Å². The highest BCUT2D eigenvalue weighted by atomic mass is 35.5. The molecule has 8 heteroatoms. The van der Waals surface area contributed by atoms with E-state index < -0.39 is 0 Å². The molecule has 2 atom stereocenters. The van der Waals surface area contributed by atoms with Gasteiger partial charge in [0.25, 0.3) is 0 Å². The van der Waals surface area contributed by atoms with Crippen LogP contribution in [-0.2, 0) is 0 Å². The second kappa shape index (κ2) is 8.34. The minimum atomic E-state index is -0.268. The lowest BCUT2D eigenvalue weighted by Gasteiger charge is -2.26. The lowest BCUT2D eigenvalue weighted by atomic mass is 10.0. The number of ether oxygens (including phenoxy) is 2. The number of halogens is 1. The summed E-state index contributed by atoms with van der Waals surface area (Å²) in [5, 5.41) is 4.73. The van der Waals surface area contributed by atoms with Gasteiger partial charge in [0.05, 0.1) is 11.7 Å². The highest BCUT2D eigenvalue weighted by Crippen LogP contribution is 2.45. The molecule has 2 aromatic heterocycles. The van der Waals surface area contributed by atoms with Crippen LogP contribution in [0.1, 0.15) is 29.1 Å². The van der Waals surface area contributed by atoms with Gasteiger partial charge in [-0.15, -0.1) is 0 Å². The smallest absolute Gasteiger partial charge is 0.231 e. The molecule has 0 spiro atoms. The van der Waals surface area contributed by atoms with E-state index in [0.29, 0.717) is 15.9 Å². The van der Waals surface area contributed by atoms with Crippen molar-refractivity contribution in [1.82, 2.24) is 10.3 Å². The molecule has 2 aliphatic rings. The number of anilines is 1. The number of pyridine rings is 1. The minimum Gasteiger partial charge on any atom is -0.459 e. The Bertz CT molecular complexity index is 1390. The third kappa shape index (κ3) is 3.48. The Hall–Kier alpha value is -3.55. The molecule has 4 aromatic rings. The Morgan fingerprint density at radius 3 is 2.76 bits per heavy atom.